The van der Waals surface area contributed by atoms with Crippen LogP contribution in [0.5, 0.6) is 0 Å². The van der Waals surface area contributed by atoms with Gasteiger partial charge in [0.15, 0.2) is 0 Å². The summed E-state index contributed by atoms with van der Waals surface area (Å²) in [5.41, 5.74) is 0. The van der Waals surface area contributed by atoms with Gasteiger partial charge in [-0.25, -0.2) is 14.4 Å². The number of rotatable bonds is 72. The molecule has 0 aromatic carbocycles. The molecule has 16 N–H and O–H groups in total. The molecule has 0 aromatic rings. The highest BCUT2D eigenvalue weighted by atomic mass is 16.6. The average Bonchev–Trinajstić information content (AvgIpc) is 1.75. The Bertz CT molecular complexity index is 2340. The molecule has 0 bridgehead atoms. The van der Waals surface area contributed by atoms with Crippen molar-refractivity contribution in [2.75, 3.05) is 206 Å². The molecule has 0 heterocycles. The van der Waals surface area contributed by atoms with Gasteiger partial charge in [-0.2, -0.15) is 0 Å². The van der Waals surface area contributed by atoms with Gasteiger partial charge in [0.2, 0.25) is 29.5 Å². The third-order valence-electron chi connectivity index (χ3n) is 19.4. The molecular formula is C80H152N16O19. The van der Waals surface area contributed by atoms with Crippen molar-refractivity contribution in [2.45, 2.75) is 259 Å². The Kier molecular flexibility index (Phi) is 57.7. The molecule has 35 heteroatoms. The van der Waals surface area contributed by atoms with Gasteiger partial charge in [0.25, 0.3) is 0 Å². The molecule has 4 atom stereocenters. The lowest BCUT2D eigenvalue weighted by atomic mass is 10.1. The zero-order chi connectivity index (χ0) is 82.2. The van der Waals surface area contributed by atoms with Crippen molar-refractivity contribution >= 4 is 47.8 Å². The van der Waals surface area contributed by atoms with Crippen molar-refractivity contribution in [3.63, 3.8) is 0 Å². The van der Waals surface area contributed by atoms with Crippen molar-refractivity contribution in [3.8, 4) is 0 Å². The first-order valence-corrected chi connectivity index (χ1v) is 43.6. The highest BCUT2D eigenvalue weighted by Gasteiger charge is 2.32. The standard InChI is InChI=1S/3C20H38N4O5.C20H38N4O4/c3*1-27-20(26)23-11-13-29-15-14-28-12-10-22-19(25)18(24-17-7-8-17)4-2-3-9-21-16-5-6-16;1-16(25)21-10-12-27-14-15-28-13-11-23-20(26)19(24-18-7-8-18)4-2-3-9-22-17-5-6-17/h3*16-18,21,24H,2-15H2,1H3,(H,22,25)(H,23,26);17-19,22,24H,2-15H2,1H3,(H,21,25)(H,23,26). The molecule has 115 heavy (non-hydrogen) atoms. The summed E-state index contributed by atoms with van der Waals surface area (Å²) >= 11 is 0. The summed E-state index contributed by atoms with van der Waals surface area (Å²) in [6.45, 7) is 16.6. The van der Waals surface area contributed by atoms with Crippen molar-refractivity contribution in [2.24, 2.45) is 0 Å². The minimum atomic E-state index is -0.468. The molecule has 0 aromatic heterocycles. The van der Waals surface area contributed by atoms with Gasteiger partial charge in [0.1, 0.15) is 0 Å². The van der Waals surface area contributed by atoms with Crippen LogP contribution in [0.1, 0.15) is 187 Å². The maximum absolute atomic E-state index is 12.5. The van der Waals surface area contributed by atoms with Gasteiger partial charge >= 0.3 is 18.3 Å². The van der Waals surface area contributed by atoms with E-state index in [1.165, 1.54) is 131 Å². The molecule has 0 spiro atoms. The fraction of sp³-hybridized carbons (Fsp3) is 0.900. The molecular weight excluding hydrogens is 1490 g/mol. The molecule has 0 aliphatic heterocycles. The molecule has 8 fully saturated rings. The van der Waals surface area contributed by atoms with Crippen LogP contribution in [-0.4, -0.2) is 326 Å². The number of unbranched alkanes of at least 4 members (excludes halogenated alkanes) is 4. The predicted molar refractivity (Wildman–Crippen MR) is 438 cm³/mol. The highest BCUT2D eigenvalue weighted by molar-refractivity contribution is 5.83. The largest absolute Gasteiger partial charge is 0.453 e. The van der Waals surface area contributed by atoms with Crippen molar-refractivity contribution in [3.05, 3.63) is 0 Å². The van der Waals surface area contributed by atoms with Crippen LogP contribution in [0.15, 0.2) is 0 Å². The van der Waals surface area contributed by atoms with Crippen LogP contribution in [-0.2, 0) is 76.1 Å². The number of methoxy groups -OCH3 is 3. The lowest BCUT2D eigenvalue weighted by Gasteiger charge is -2.18. The molecule has 0 radical (unpaired) electrons. The van der Waals surface area contributed by atoms with Crippen LogP contribution in [0.4, 0.5) is 14.4 Å². The fourth-order valence-corrected chi connectivity index (χ4v) is 11.5. The van der Waals surface area contributed by atoms with E-state index in [2.05, 4.69) is 99.3 Å². The zero-order valence-electron chi connectivity index (χ0n) is 70.3. The van der Waals surface area contributed by atoms with Crippen LogP contribution in [0.2, 0.25) is 0 Å². The van der Waals surface area contributed by atoms with Crippen LogP contribution in [0.25, 0.3) is 0 Å². The molecule has 8 aliphatic rings. The van der Waals surface area contributed by atoms with Crippen LogP contribution >= 0.6 is 0 Å². The Labute approximate surface area is 685 Å². The quantitative estimate of drug-likeness (QED) is 0.0305. The normalized spacial score (nSPS) is 17.1. The van der Waals surface area contributed by atoms with E-state index in [1.54, 1.807) is 0 Å². The predicted octanol–water partition coefficient (Wildman–Crippen LogP) is 1.92. The fourth-order valence-electron chi connectivity index (χ4n) is 11.5. The minimum Gasteiger partial charge on any atom is -0.453 e. The molecule has 8 rings (SSSR count). The lowest BCUT2D eigenvalue weighted by Crippen LogP contribution is -2.46. The first-order valence-electron chi connectivity index (χ1n) is 43.6. The molecule has 8 aliphatic carbocycles. The molecule has 8 saturated carbocycles. The second-order valence-corrected chi connectivity index (χ2v) is 30.7. The smallest absolute Gasteiger partial charge is 0.406 e. The third-order valence-corrected chi connectivity index (χ3v) is 19.4. The van der Waals surface area contributed by atoms with Crippen molar-refractivity contribution in [1.29, 1.82) is 0 Å². The Morgan fingerprint density at radius 3 is 0.591 bits per heavy atom. The van der Waals surface area contributed by atoms with Crippen molar-refractivity contribution < 1.29 is 90.5 Å². The molecule has 4 unspecified atom stereocenters. The highest BCUT2D eigenvalue weighted by Crippen LogP contribution is 2.25. The Balaban J connectivity index is 0.000000274. The van der Waals surface area contributed by atoms with E-state index < -0.39 is 18.3 Å². The van der Waals surface area contributed by atoms with E-state index in [0.29, 0.717) is 182 Å². The zero-order valence-corrected chi connectivity index (χ0v) is 70.3. The van der Waals surface area contributed by atoms with Gasteiger partial charge in [0.05, 0.1) is 151 Å². The Hall–Kier alpha value is -5.48. The summed E-state index contributed by atoms with van der Waals surface area (Å²) < 4.78 is 56.6. The maximum atomic E-state index is 12.5. The van der Waals surface area contributed by atoms with Gasteiger partial charge in [-0.3, -0.25) is 24.0 Å². The number of nitrogens with one attached hydrogen (secondary N) is 16. The topological polar surface area (TPSA) is 431 Å². The second kappa shape index (κ2) is 66.3. The van der Waals surface area contributed by atoms with Crippen LogP contribution in [0.3, 0.4) is 0 Å². The lowest BCUT2D eigenvalue weighted by molar-refractivity contribution is -0.124. The van der Waals surface area contributed by atoms with E-state index in [4.69, 9.17) is 37.9 Å². The van der Waals surface area contributed by atoms with Gasteiger partial charge in [-0.1, -0.05) is 25.7 Å². The summed E-state index contributed by atoms with van der Waals surface area (Å²) in [5.74, 6) is 0.236. The third kappa shape index (κ3) is 62.4. The number of hydrogen-bond donors (Lipinski definition) is 16. The summed E-state index contributed by atoms with van der Waals surface area (Å²) in [4.78, 5) is 93.1. The molecule has 666 valence electrons. The number of alkyl carbamates (subject to hydrolysis) is 3. The van der Waals surface area contributed by atoms with Crippen LogP contribution in [0, 0.1) is 0 Å². The van der Waals surface area contributed by atoms with Gasteiger partial charge < -0.3 is 137 Å². The monoisotopic (exact) mass is 1640 g/mol. The van der Waals surface area contributed by atoms with Gasteiger partial charge in [0, 0.05) is 108 Å². The summed E-state index contributed by atoms with van der Waals surface area (Å²) in [6, 6.07) is 4.66. The number of carbonyl (C=O) groups is 8. The molecule has 8 amide bonds. The van der Waals surface area contributed by atoms with Crippen LogP contribution < -0.4 is 85.1 Å². The average molecular weight is 1640 g/mol. The molecule has 0 saturated heterocycles. The minimum absolute atomic E-state index is 0.0556. The van der Waals surface area contributed by atoms with E-state index in [0.717, 1.165) is 127 Å². The summed E-state index contributed by atoms with van der Waals surface area (Å²) in [6.07, 6.45) is 30.7. The first kappa shape index (κ1) is 100. The Morgan fingerprint density at radius 2 is 0.417 bits per heavy atom. The maximum Gasteiger partial charge on any atom is 0.406 e. The number of hydrogen-bond acceptors (Lipinski definition) is 27. The second-order valence-electron chi connectivity index (χ2n) is 30.7. The van der Waals surface area contributed by atoms with Gasteiger partial charge in [-0.05, 0) is 180 Å². The first-order chi connectivity index (χ1) is 56.2. The van der Waals surface area contributed by atoms with Gasteiger partial charge in [-0.15, -0.1) is 0 Å². The van der Waals surface area contributed by atoms with E-state index in [-0.39, 0.29) is 53.7 Å². The van der Waals surface area contributed by atoms with E-state index in [1.807, 2.05) is 0 Å². The number of amides is 8. The Morgan fingerprint density at radius 1 is 0.235 bits per heavy atom. The number of ether oxygens (including phenoxy) is 11. The van der Waals surface area contributed by atoms with Crippen molar-refractivity contribution in [1.82, 2.24) is 85.1 Å². The number of carbonyl (C=O) groups excluding carboxylic acids is 8. The molecule has 35 nitrogen and oxygen atoms in total. The van der Waals surface area contributed by atoms with E-state index >= 15 is 0 Å². The van der Waals surface area contributed by atoms with E-state index in [9.17, 15) is 38.4 Å². The summed E-state index contributed by atoms with van der Waals surface area (Å²) in [7, 11) is 3.96. The summed E-state index contributed by atoms with van der Waals surface area (Å²) in [5, 5.41) is 50.1. The SMILES string of the molecule is CC(=O)NCCOCCOCCNC(=O)C(CCCCNC1CC1)NC1CC1.COC(=O)NCCOCCOCCNC(=O)C(CCCCNC1CC1)NC1CC1.COC(=O)NCCOCCOCCNC(=O)C(CCCCNC1CC1)NC1CC1.COC(=O)NCCOCCOCCNC(=O)C(CCCCNC1CC1)NC1CC1.